The second-order valence-corrected chi connectivity index (χ2v) is 4.36. The first-order chi connectivity index (χ1) is 6.54. The average molecular weight is 206 g/mol. The maximum Gasteiger partial charge on any atom is 0.259 e. The molecule has 0 unspecified atom stereocenters. The second-order valence-electron chi connectivity index (χ2n) is 2.90. The molecule has 0 fully saturated rings. The molecule has 0 aromatic carbocycles. The first kappa shape index (κ1) is 10.5. The fourth-order valence-corrected chi connectivity index (χ4v) is 2.01. The van der Waals surface area contributed by atoms with Crippen LogP contribution in [0.25, 0.3) is 6.08 Å². The summed E-state index contributed by atoms with van der Waals surface area (Å²) in [5, 5.41) is 8.64. The van der Waals surface area contributed by atoms with Crippen LogP contribution in [0.15, 0.2) is 11.6 Å². The van der Waals surface area contributed by atoms with Gasteiger partial charge in [-0.05, 0) is 31.6 Å². The van der Waals surface area contributed by atoms with Crippen molar-refractivity contribution in [1.82, 2.24) is 0 Å². The smallest absolute Gasteiger partial charge is 0.259 e. The number of hydrogen-bond donors (Lipinski definition) is 1. The Balaban J connectivity index is 3.14. The van der Waals surface area contributed by atoms with E-state index in [2.05, 4.69) is 0 Å². The molecule has 72 valence electrons. The average Bonchev–Trinajstić information content (AvgIpc) is 2.40. The molecule has 1 aromatic rings. The van der Waals surface area contributed by atoms with E-state index in [1.807, 2.05) is 19.9 Å². The number of carbonyl (C=O) groups is 1. The Morgan fingerprint density at radius 3 is 2.64 bits per heavy atom. The number of rotatable bonds is 2. The highest BCUT2D eigenvalue weighted by molar-refractivity contribution is 7.12. The van der Waals surface area contributed by atoms with Crippen LogP contribution < -0.4 is 5.73 Å². The van der Waals surface area contributed by atoms with E-state index in [9.17, 15) is 4.79 Å². The van der Waals surface area contributed by atoms with Gasteiger partial charge in [0.15, 0.2) is 0 Å². The number of nitrogens with two attached hydrogens (primary N) is 1. The molecule has 1 heterocycles. The van der Waals surface area contributed by atoms with Crippen molar-refractivity contribution < 1.29 is 4.79 Å². The molecular weight excluding hydrogens is 196 g/mol. The molecule has 0 saturated heterocycles. The number of carbonyl (C=O) groups excluding carboxylic acids is 1. The van der Waals surface area contributed by atoms with E-state index in [1.165, 1.54) is 6.08 Å². The van der Waals surface area contributed by atoms with Gasteiger partial charge in [-0.15, -0.1) is 11.3 Å². The molecule has 0 saturated carbocycles. The molecule has 0 aliphatic carbocycles. The van der Waals surface area contributed by atoms with Crippen molar-refractivity contribution in [3.05, 3.63) is 27.0 Å². The van der Waals surface area contributed by atoms with E-state index in [-0.39, 0.29) is 5.57 Å². The van der Waals surface area contributed by atoms with Gasteiger partial charge in [-0.3, -0.25) is 4.79 Å². The van der Waals surface area contributed by atoms with Gasteiger partial charge in [0, 0.05) is 9.75 Å². The largest absolute Gasteiger partial charge is 0.365 e. The normalized spacial score (nSPS) is 11.1. The van der Waals surface area contributed by atoms with Gasteiger partial charge in [-0.1, -0.05) is 0 Å². The molecule has 0 aliphatic heterocycles. The monoisotopic (exact) mass is 206 g/mol. The van der Waals surface area contributed by atoms with E-state index in [0.717, 1.165) is 15.3 Å². The fourth-order valence-electron chi connectivity index (χ4n) is 1.11. The first-order valence-electron chi connectivity index (χ1n) is 4.03. The topological polar surface area (TPSA) is 66.9 Å². The predicted octanol–water partition coefficient (Wildman–Crippen LogP) is 1.76. The Bertz CT molecular complexity index is 437. The third kappa shape index (κ3) is 2.21. The maximum atomic E-state index is 10.8. The highest BCUT2D eigenvalue weighted by Gasteiger charge is 2.06. The summed E-state index contributed by atoms with van der Waals surface area (Å²) in [7, 11) is 0. The van der Waals surface area contributed by atoms with Crippen molar-refractivity contribution >= 4 is 23.3 Å². The predicted molar refractivity (Wildman–Crippen MR) is 56.6 cm³/mol. The SMILES string of the molecule is Cc1cc(/C=C(/C#N)C(N)=O)c(C)s1. The van der Waals surface area contributed by atoms with Gasteiger partial charge >= 0.3 is 0 Å². The van der Waals surface area contributed by atoms with Crippen LogP contribution in [0.5, 0.6) is 0 Å². The number of hydrogen-bond acceptors (Lipinski definition) is 3. The molecule has 1 rings (SSSR count). The molecule has 0 bridgehead atoms. The fraction of sp³-hybridized carbons (Fsp3) is 0.200. The Hall–Kier alpha value is -1.60. The van der Waals surface area contributed by atoms with Crippen LogP contribution in [0.3, 0.4) is 0 Å². The molecule has 3 nitrogen and oxygen atoms in total. The molecule has 4 heteroatoms. The second kappa shape index (κ2) is 4.07. The zero-order chi connectivity index (χ0) is 10.7. The summed E-state index contributed by atoms with van der Waals surface area (Å²) in [6.07, 6.45) is 1.53. The summed E-state index contributed by atoms with van der Waals surface area (Å²) in [6, 6.07) is 3.71. The highest BCUT2D eigenvalue weighted by Crippen LogP contribution is 2.22. The summed E-state index contributed by atoms with van der Waals surface area (Å²) in [5.74, 6) is -0.684. The van der Waals surface area contributed by atoms with Crippen molar-refractivity contribution in [3.8, 4) is 6.07 Å². The minimum atomic E-state index is -0.684. The van der Waals surface area contributed by atoms with E-state index in [4.69, 9.17) is 11.0 Å². The molecule has 0 spiro atoms. The lowest BCUT2D eigenvalue weighted by Crippen LogP contribution is -2.12. The van der Waals surface area contributed by atoms with Crippen LogP contribution in [-0.4, -0.2) is 5.91 Å². The quantitative estimate of drug-likeness (QED) is 0.591. The number of primary amides is 1. The molecule has 0 aliphatic rings. The Kier molecular flexibility index (Phi) is 3.05. The van der Waals surface area contributed by atoms with E-state index in [0.29, 0.717) is 0 Å². The molecule has 1 aromatic heterocycles. The third-order valence-electron chi connectivity index (χ3n) is 1.77. The van der Waals surface area contributed by atoms with Crippen LogP contribution in [0.4, 0.5) is 0 Å². The van der Waals surface area contributed by atoms with Crippen molar-refractivity contribution in [2.75, 3.05) is 0 Å². The lowest BCUT2D eigenvalue weighted by Gasteiger charge is -1.91. The van der Waals surface area contributed by atoms with Crippen LogP contribution in [-0.2, 0) is 4.79 Å². The first-order valence-corrected chi connectivity index (χ1v) is 4.85. The molecular formula is C10H10N2OS. The lowest BCUT2D eigenvalue weighted by atomic mass is 10.1. The van der Waals surface area contributed by atoms with Gasteiger partial charge < -0.3 is 5.73 Å². The summed E-state index contributed by atoms with van der Waals surface area (Å²) < 4.78 is 0. The lowest BCUT2D eigenvalue weighted by molar-refractivity contribution is -0.114. The van der Waals surface area contributed by atoms with E-state index < -0.39 is 5.91 Å². The number of thiophene rings is 1. The Morgan fingerprint density at radius 2 is 2.29 bits per heavy atom. The zero-order valence-electron chi connectivity index (χ0n) is 8.00. The minimum Gasteiger partial charge on any atom is -0.365 e. The molecule has 2 N–H and O–H groups in total. The summed E-state index contributed by atoms with van der Waals surface area (Å²) in [6.45, 7) is 3.92. The number of nitriles is 1. The Labute approximate surface area is 86.5 Å². The summed E-state index contributed by atoms with van der Waals surface area (Å²) in [5.41, 5.74) is 5.91. The van der Waals surface area contributed by atoms with Gasteiger partial charge in [0.25, 0.3) is 5.91 Å². The van der Waals surface area contributed by atoms with E-state index in [1.54, 1.807) is 17.4 Å². The van der Waals surface area contributed by atoms with Crippen molar-refractivity contribution in [3.63, 3.8) is 0 Å². The Morgan fingerprint density at radius 1 is 1.64 bits per heavy atom. The highest BCUT2D eigenvalue weighted by atomic mass is 32.1. The number of nitrogens with zero attached hydrogens (tertiary/aromatic N) is 1. The van der Waals surface area contributed by atoms with Crippen LogP contribution in [0, 0.1) is 25.2 Å². The molecule has 14 heavy (non-hydrogen) atoms. The van der Waals surface area contributed by atoms with Crippen LogP contribution in [0.1, 0.15) is 15.3 Å². The molecule has 1 amide bonds. The third-order valence-corrected chi connectivity index (χ3v) is 2.75. The molecule has 0 radical (unpaired) electrons. The van der Waals surface area contributed by atoms with E-state index >= 15 is 0 Å². The van der Waals surface area contributed by atoms with Gasteiger partial charge in [0.1, 0.15) is 11.6 Å². The minimum absolute atomic E-state index is 0.00843. The summed E-state index contributed by atoms with van der Waals surface area (Å²) >= 11 is 1.63. The summed E-state index contributed by atoms with van der Waals surface area (Å²) in [4.78, 5) is 13.0. The van der Waals surface area contributed by atoms with Crippen LogP contribution >= 0.6 is 11.3 Å². The van der Waals surface area contributed by atoms with Gasteiger partial charge in [0.05, 0.1) is 0 Å². The van der Waals surface area contributed by atoms with Gasteiger partial charge in [-0.25, -0.2) is 0 Å². The standard InChI is InChI=1S/C10H10N2OS/c1-6-3-8(7(2)14-6)4-9(5-11)10(12)13/h3-4H,1-2H3,(H2,12,13)/b9-4-. The maximum absolute atomic E-state index is 10.8. The van der Waals surface area contributed by atoms with Gasteiger partial charge in [0.2, 0.25) is 0 Å². The number of amides is 1. The van der Waals surface area contributed by atoms with Crippen molar-refractivity contribution in [2.45, 2.75) is 13.8 Å². The zero-order valence-corrected chi connectivity index (χ0v) is 8.81. The van der Waals surface area contributed by atoms with Crippen molar-refractivity contribution in [1.29, 1.82) is 5.26 Å². The van der Waals surface area contributed by atoms with Gasteiger partial charge in [-0.2, -0.15) is 5.26 Å². The number of aryl methyl sites for hydroxylation is 2. The van der Waals surface area contributed by atoms with Crippen molar-refractivity contribution in [2.24, 2.45) is 5.73 Å². The molecule has 0 atom stereocenters. The van der Waals surface area contributed by atoms with Crippen LogP contribution in [0.2, 0.25) is 0 Å².